The molecule has 4 heteroatoms. The van der Waals surface area contributed by atoms with E-state index in [4.69, 9.17) is 12.2 Å². The van der Waals surface area contributed by atoms with Gasteiger partial charge in [0, 0.05) is 6.42 Å². The van der Waals surface area contributed by atoms with E-state index >= 15 is 0 Å². The van der Waals surface area contributed by atoms with E-state index in [2.05, 4.69) is 10.6 Å². The van der Waals surface area contributed by atoms with Crippen molar-refractivity contribution in [2.75, 3.05) is 0 Å². The van der Waals surface area contributed by atoms with E-state index in [0.29, 0.717) is 11.5 Å². The Morgan fingerprint density at radius 3 is 2.59 bits per heavy atom. The summed E-state index contributed by atoms with van der Waals surface area (Å²) in [5.41, 5.74) is 1.14. The summed E-state index contributed by atoms with van der Waals surface area (Å²) in [6.07, 6.45) is 1.32. The van der Waals surface area contributed by atoms with Crippen LogP contribution in [0.4, 0.5) is 0 Å². The van der Waals surface area contributed by atoms with E-state index in [-0.39, 0.29) is 11.9 Å². The van der Waals surface area contributed by atoms with E-state index in [0.717, 1.165) is 12.0 Å². The first-order valence-electron chi connectivity index (χ1n) is 5.78. The molecule has 0 spiro atoms. The molecule has 0 aliphatic rings. The molecule has 1 atom stereocenters. The number of carbonyl (C=O) groups excluding carboxylic acids is 1. The first-order valence-corrected chi connectivity index (χ1v) is 6.19. The molecule has 0 bridgehead atoms. The van der Waals surface area contributed by atoms with E-state index in [1.165, 1.54) is 0 Å². The third kappa shape index (κ3) is 4.95. The maximum Gasteiger partial charge on any atom is 0.226 e. The fourth-order valence-corrected chi connectivity index (χ4v) is 1.76. The van der Waals surface area contributed by atoms with Crippen LogP contribution in [0.25, 0.3) is 0 Å². The summed E-state index contributed by atoms with van der Waals surface area (Å²) in [6.45, 7) is 3.97. The van der Waals surface area contributed by atoms with Crippen LogP contribution in [0.2, 0.25) is 0 Å². The van der Waals surface area contributed by atoms with E-state index in [9.17, 15) is 4.79 Å². The lowest BCUT2D eigenvalue weighted by Crippen LogP contribution is -2.40. The Morgan fingerprint density at radius 2 is 2.00 bits per heavy atom. The number of rotatable bonds is 4. The predicted octanol–water partition coefficient (Wildman–Crippen LogP) is 2.54. The van der Waals surface area contributed by atoms with Gasteiger partial charge in [-0.15, -0.1) is 0 Å². The van der Waals surface area contributed by atoms with Crippen molar-refractivity contribution in [2.24, 2.45) is 0 Å². The zero-order valence-corrected chi connectivity index (χ0v) is 11.0. The summed E-state index contributed by atoms with van der Waals surface area (Å²) in [5, 5.41) is 6.14. The van der Waals surface area contributed by atoms with Gasteiger partial charge >= 0.3 is 0 Å². The molecular formula is C13H18N2OS. The van der Waals surface area contributed by atoms with Crippen molar-refractivity contribution in [2.45, 2.75) is 32.7 Å². The smallest absolute Gasteiger partial charge is 0.226 e. The number of amides is 1. The topological polar surface area (TPSA) is 41.1 Å². The summed E-state index contributed by atoms with van der Waals surface area (Å²) in [4.78, 5) is 11.3. The van der Waals surface area contributed by atoms with Gasteiger partial charge in [-0.2, -0.15) is 0 Å². The van der Waals surface area contributed by atoms with E-state index in [1.807, 2.05) is 44.2 Å². The summed E-state index contributed by atoms with van der Waals surface area (Å²) < 4.78 is 0. The maximum atomic E-state index is 11.3. The Kier molecular flexibility index (Phi) is 5.63. The first kappa shape index (κ1) is 13.6. The summed E-state index contributed by atoms with van der Waals surface area (Å²) in [5.74, 6) is -0.0368. The average molecular weight is 250 g/mol. The van der Waals surface area contributed by atoms with Crippen molar-refractivity contribution < 1.29 is 4.79 Å². The molecule has 0 aliphatic heterocycles. The van der Waals surface area contributed by atoms with Crippen LogP contribution in [0.3, 0.4) is 0 Å². The lowest BCUT2D eigenvalue weighted by molar-refractivity contribution is -0.119. The van der Waals surface area contributed by atoms with E-state index < -0.39 is 0 Å². The van der Waals surface area contributed by atoms with Crippen LogP contribution in [-0.4, -0.2) is 11.0 Å². The second-order valence-corrected chi connectivity index (χ2v) is 4.31. The molecule has 1 aromatic carbocycles. The molecule has 2 N–H and O–H groups in total. The van der Waals surface area contributed by atoms with Crippen molar-refractivity contribution in [1.82, 2.24) is 10.6 Å². The highest BCUT2D eigenvalue weighted by atomic mass is 32.1. The summed E-state index contributed by atoms with van der Waals surface area (Å²) >= 11 is 5.08. The van der Waals surface area contributed by atoms with Crippen LogP contribution >= 0.6 is 12.2 Å². The number of benzene rings is 1. The largest absolute Gasteiger partial charge is 0.356 e. The zero-order chi connectivity index (χ0) is 12.7. The van der Waals surface area contributed by atoms with Crippen LogP contribution < -0.4 is 10.6 Å². The minimum atomic E-state index is -0.0368. The fraction of sp³-hybridized carbons (Fsp3) is 0.385. The van der Waals surface area contributed by atoms with Crippen molar-refractivity contribution in [3.8, 4) is 0 Å². The summed E-state index contributed by atoms with van der Waals surface area (Å²) in [6, 6.07) is 10.1. The average Bonchev–Trinajstić information content (AvgIpc) is 2.30. The van der Waals surface area contributed by atoms with Gasteiger partial charge in [0.05, 0.1) is 6.04 Å². The van der Waals surface area contributed by atoms with Gasteiger partial charge in [-0.1, -0.05) is 37.3 Å². The van der Waals surface area contributed by atoms with Gasteiger partial charge < -0.3 is 10.6 Å². The highest BCUT2D eigenvalue weighted by Gasteiger charge is 2.08. The van der Waals surface area contributed by atoms with Crippen molar-refractivity contribution in [3.63, 3.8) is 0 Å². The molecule has 0 saturated carbocycles. The molecule has 0 fully saturated rings. The van der Waals surface area contributed by atoms with Crippen LogP contribution in [0.15, 0.2) is 30.3 Å². The quantitative estimate of drug-likeness (QED) is 0.807. The maximum absolute atomic E-state index is 11.3. The Bertz CT molecular complexity index is 378. The summed E-state index contributed by atoms with van der Waals surface area (Å²) in [7, 11) is 0. The highest BCUT2D eigenvalue weighted by Crippen LogP contribution is 2.10. The van der Waals surface area contributed by atoms with Gasteiger partial charge in [0.2, 0.25) is 5.91 Å². The Morgan fingerprint density at radius 1 is 1.35 bits per heavy atom. The number of nitrogens with one attached hydrogen (secondary N) is 2. The lowest BCUT2D eigenvalue weighted by atomic mass is 10.1. The van der Waals surface area contributed by atoms with Crippen molar-refractivity contribution in [3.05, 3.63) is 35.9 Å². The fourth-order valence-electron chi connectivity index (χ4n) is 1.47. The molecule has 3 nitrogen and oxygen atoms in total. The zero-order valence-electron chi connectivity index (χ0n) is 10.2. The molecule has 0 heterocycles. The Hall–Kier alpha value is -1.42. The second-order valence-electron chi connectivity index (χ2n) is 3.90. The minimum absolute atomic E-state index is 0.0368. The molecule has 0 aliphatic carbocycles. The second kappa shape index (κ2) is 7.01. The SMILES string of the molecule is CCCC(=O)NC(=S)NC(C)c1ccccc1. The Labute approximate surface area is 108 Å². The molecule has 0 aromatic heterocycles. The monoisotopic (exact) mass is 250 g/mol. The van der Waals surface area contributed by atoms with Crippen LogP contribution in [0.5, 0.6) is 0 Å². The Balaban J connectivity index is 2.44. The number of hydrogen-bond acceptors (Lipinski definition) is 2. The van der Waals surface area contributed by atoms with Crippen LogP contribution in [0, 0.1) is 0 Å². The molecule has 1 amide bonds. The number of carbonyl (C=O) groups is 1. The van der Waals surface area contributed by atoms with Gasteiger partial charge in [-0.3, -0.25) is 4.79 Å². The number of hydrogen-bond donors (Lipinski definition) is 2. The molecule has 0 saturated heterocycles. The van der Waals surface area contributed by atoms with Crippen molar-refractivity contribution >= 4 is 23.2 Å². The molecular weight excluding hydrogens is 232 g/mol. The van der Waals surface area contributed by atoms with E-state index in [1.54, 1.807) is 0 Å². The predicted molar refractivity (Wildman–Crippen MR) is 73.6 cm³/mol. The van der Waals surface area contributed by atoms with Gasteiger partial charge in [0.15, 0.2) is 5.11 Å². The minimum Gasteiger partial charge on any atom is -0.356 e. The van der Waals surface area contributed by atoms with Gasteiger partial charge in [0.25, 0.3) is 0 Å². The molecule has 17 heavy (non-hydrogen) atoms. The highest BCUT2D eigenvalue weighted by molar-refractivity contribution is 7.80. The third-order valence-electron chi connectivity index (χ3n) is 2.38. The molecule has 1 aromatic rings. The molecule has 0 radical (unpaired) electrons. The van der Waals surface area contributed by atoms with Crippen molar-refractivity contribution in [1.29, 1.82) is 0 Å². The van der Waals surface area contributed by atoms with Gasteiger partial charge in [0.1, 0.15) is 0 Å². The van der Waals surface area contributed by atoms with Crippen LogP contribution in [0.1, 0.15) is 38.3 Å². The standard InChI is InChI=1S/C13H18N2OS/c1-3-7-12(16)15-13(17)14-10(2)11-8-5-4-6-9-11/h4-6,8-10H,3,7H2,1-2H3,(H2,14,15,16,17). The van der Waals surface area contributed by atoms with Gasteiger partial charge in [-0.25, -0.2) is 0 Å². The van der Waals surface area contributed by atoms with Crippen LogP contribution in [-0.2, 0) is 4.79 Å². The first-order chi connectivity index (χ1) is 8.13. The molecule has 1 unspecified atom stereocenters. The molecule has 1 rings (SSSR count). The van der Waals surface area contributed by atoms with Gasteiger partial charge in [-0.05, 0) is 31.1 Å². The number of thiocarbonyl (C=S) groups is 1. The molecule has 92 valence electrons. The normalized spacial score (nSPS) is 11.6. The third-order valence-corrected chi connectivity index (χ3v) is 2.60. The lowest BCUT2D eigenvalue weighted by Gasteiger charge is -2.16.